The second-order valence-electron chi connectivity index (χ2n) is 14.5. The Bertz CT molecular complexity index is 998. The summed E-state index contributed by atoms with van der Waals surface area (Å²) >= 11 is 0. The first-order valence-corrected chi connectivity index (χ1v) is 16.1. The van der Waals surface area contributed by atoms with E-state index in [-0.39, 0.29) is 29.5 Å². The summed E-state index contributed by atoms with van der Waals surface area (Å²) in [6.07, 6.45) is 8.94. The maximum atomic E-state index is 12.5. The molecule has 0 aromatic rings. The summed E-state index contributed by atoms with van der Waals surface area (Å²) in [4.78, 5) is 35.8. The first-order valence-electron chi connectivity index (χ1n) is 16.1. The monoisotopic (exact) mass is 576 g/mol. The fourth-order valence-corrected chi connectivity index (χ4v) is 10.5. The van der Waals surface area contributed by atoms with Crippen molar-refractivity contribution in [2.24, 2.45) is 46.3 Å². The van der Waals surface area contributed by atoms with Gasteiger partial charge in [0.15, 0.2) is 12.4 Å². The van der Waals surface area contributed by atoms with E-state index in [0.29, 0.717) is 29.6 Å². The van der Waals surface area contributed by atoms with Crippen molar-refractivity contribution in [1.82, 2.24) is 0 Å². The molecule has 1 heterocycles. The van der Waals surface area contributed by atoms with E-state index in [1.807, 2.05) is 6.92 Å². The van der Waals surface area contributed by atoms with Crippen LogP contribution in [0.15, 0.2) is 0 Å². The molecule has 8 nitrogen and oxygen atoms in total. The number of hydrogen-bond donors (Lipinski definition) is 0. The second kappa shape index (κ2) is 11.8. The Morgan fingerprint density at radius 1 is 0.854 bits per heavy atom. The number of carbonyl (C=O) groups excluding carboxylic acids is 3. The average molecular weight is 577 g/mol. The lowest BCUT2D eigenvalue weighted by Gasteiger charge is -2.61. The number of rotatable bonds is 6. The first-order chi connectivity index (χ1) is 19.4. The van der Waals surface area contributed by atoms with Crippen molar-refractivity contribution in [1.29, 1.82) is 0 Å². The van der Waals surface area contributed by atoms with Crippen molar-refractivity contribution in [3.05, 3.63) is 0 Å². The summed E-state index contributed by atoms with van der Waals surface area (Å²) in [6, 6.07) is 0. The van der Waals surface area contributed by atoms with Crippen LogP contribution in [0.5, 0.6) is 0 Å². The molecule has 1 aliphatic heterocycles. The van der Waals surface area contributed by atoms with Crippen LogP contribution in [0.1, 0.15) is 106 Å². The van der Waals surface area contributed by atoms with Gasteiger partial charge in [-0.1, -0.05) is 20.8 Å². The molecule has 232 valence electrons. The summed E-state index contributed by atoms with van der Waals surface area (Å²) in [7, 11) is 1.32. The van der Waals surface area contributed by atoms with Crippen molar-refractivity contribution in [2.45, 2.75) is 136 Å². The zero-order chi connectivity index (χ0) is 29.7. The molecule has 0 N–H and O–H groups in total. The molecule has 0 bridgehead atoms. The second-order valence-corrected chi connectivity index (χ2v) is 14.5. The lowest BCUT2D eigenvalue weighted by atomic mass is 9.44. The maximum absolute atomic E-state index is 12.5. The van der Waals surface area contributed by atoms with Crippen molar-refractivity contribution < 1.29 is 38.1 Å². The van der Waals surface area contributed by atoms with Crippen molar-refractivity contribution >= 4 is 17.9 Å². The molecular weight excluding hydrogens is 524 g/mol. The van der Waals surface area contributed by atoms with Gasteiger partial charge in [0.1, 0.15) is 12.2 Å². The molecule has 5 fully saturated rings. The predicted molar refractivity (Wildman–Crippen MR) is 151 cm³/mol. The molecule has 5 rings (SSSR count). The van der Waals surface area contributed by atoms with E-state index in [1.54, 1.807) is 0 Å². The van der Waals surface area contributed by atoms with Crippen LogP contribution < -0.4 is 0 Å². The van der Waals surface area contributed by atoms with E-state index in [9.17, 15) is 14.4 Å². The lowest BCUT2D eigenvalue weighted by Crippen LogP contribution is -2.55. The molecule has 4 aliphatic carbocycles. The number of esters is 3. The molecule has 41 heavy (non-hydrogen) atoms. The molecule has 5 aliphatic rings. The quantitative estimate of drug-likeness (QED) is 0.288. The zero-order valence-corrected chi connectivity index (χ0v) is 26.2. The minimum Gasteiger partial charge on any atom is -0.467 e. The number of hydrogen-bond acceptors (Lipinski definition) is 8. The molecule has 13 atom stereocenters. The van der Waals surface area contributed by atoms with E-state index in [0.717, 1.165) is 37.5 Å². The van der Waals surface area contributed by atoms with Crippen LogP contribution in [0.25, 0.3) is 0 Å². The van der Waals surface area contributed by atoms with E-state index in [4.69, 9.17) is 23.7 Å². The van der Waals surface area contributed by atoms with Crippen LogP contribution in [0.3, 0.4) is 0 Å². The highest BCUT2D eigenvalue weighted by molar-refractivity contribution is 5.76. The van der Waals surface area contributed by atoms with Gasteiger partial charge in [-0.2, -0.15) is 0 Å². The minimum absolute atomic E-state index is 0.0105. The van der Waals surface area contributed by atoms with Gasteiger partial charge < -0.3 is 23.7 Å². The summed E-state index contributed by atoms with van der Waals surface area (Å²) in [5.74, 6) is 2.11. The highest BCUT2D eigenvalue weighted by atomic mass is 16.7. The van der Waals surface area contributed by atoms with E-state index in [1.165, 1.54) is 53.1 Å². The van der Waals surface area contributed by atoms with Crippen molar-refractivity contribution in [2.75, 3.05) is 7.11 Å². The standard InChI is InChI=1S/C33H52O8/c1-18-16-28(40-21(4)35)29(30(36)37-7)41-31(18)38-19(2)25-10-11-26-24-9-8-22-17-23(39-20(3)34)12-14-32(22,5)27(24)13-15-33(25,26)6/h18-19,22-29,31H,8-17H2,1-7H3/t18?,19?,22-,23?,24?,25?,26?,27?,28?,29-,31+,32?,33?/m0/s1. The number of methoxy groups -OCH3 is 1. The van der Waals surface area contributed by atoms with Crippen molar-refractivity contribution in [3.63, 3.8) is 0 Å². The Morgan fingerprint density at radius 3 is 2.22 bits per heavy atom. The van der Waals surface area contributed by atoms with Gasteiger partial charge in [-0.3, -0.25) is 9.59 Å². The summed E-state index contributed by atoms with van der Waals surface area (Å²) < 4.78 is 28.8. The van der Waals surface area contributed by atoms with Crippen LogP contribution >= 0.6 is 0 Å². The molecule has 0 aromatic carbocycles. The Balaban J connectivity index is 1.25. The highest BCUT2D eigenvalue weighted by Gasteiger charge is 2.61. The zero-order valence-electron chi connectivity index (χ0n) is 26.2. The topological polar surface area (TPSA) is 97.4 Å². The summed E-state index contributed by atoms with van der Waals surface area (Å²) in [6.45, 7) is 12.1. The fourth-order valence-electron chi connectivity index (χ4n) is 10.5. The van der Waals surface area contributed by atoms with Gasteiger partial charge in [0.2, 0.25) is 0 Å². The molecule has 1 saturated heterocycles. The van der Waals surface area contributed by atoms with Crippen molar-refractivity contribution in [3.8, 4) is 0 Å². The largest absolute Gasteiger partial charge is 0.467 e. The molecule has 8 heteroatoms. The smallest absolute Gasteiger partial charge is 0.339 e. The summed E-state index contributed by atoms with van der Waals surface area (Å²) in [5, 5.41) is 0. The van der Waals surface area contributed by atoms with E-state index >= 15 is 0 Å². The fraction of sp³-hybridized carbons (Fsp3) is 0.909. The van der Waals surface area contributed by atoms with Gasteiger partial charge in [-0.25, -0.2) is 4.79 Å². The Hall–Kier alpha value is -1.67. The Morgan fingerprint density at radius 2 is 1.54 bits per heavy atom. The van der Waals surface area contributed by atoms with Crippen LogP contribution in [-0.2, 0) is 38.1 Å². The lowest BCUT2D eigenvalue weighted by molar-refractivity contribution is -0.271. The van der Waals surface area contributed by atoms with Gasteiger partial charge in [-0.05, 0) is 112 Å². The molecule has 4 saturated carbocycles. The van der Waals surface area contributed by atoms with E-state index < -0.39 is 30.4 Å². The SMILES string of the molecule is COC(=O)[C@H]1O[C@@H](OC(C)C2CCC3C4CC[C@H]5CC(OC(C)=O)CCC5(C)C4CCC23C)C(C)CC1OC(C)=O. The third-order valence-electron chi connectivity index (χ3n) is 12.4. The Labute approximate surface area is 245 Å². The maximum Gasteiger partial charge on any atom is 0.339 e. The van der Waals surface area contributed by atoms with Gasteiger partial charge in [0, 0.05) is 19.8 Å². The molecule has 0 radical (unpaired) electrons. The Kier molecular flexibility index (Phi) is 8.84. The number of ether oxygens (including phenoxy) is 5. The first kappa shape index (κ1) is 30.8. The van der Waals surface area contributed by atoms with Crippen LogP contribution in [0, 0.1) is 46.3 Å². The van der Waals surface area contributed by atoms with Gasteiger partial charge in [0.05, 0.1) is 13.2 Å². The number of carbonyl (C=O) groups is 3. The van der Waals surface area contributed by atoms with Gasteiger partial charge in [0.25, 0.3) is 0 Å². The normalized spacial score (nSPS) is 46.3. The predicted octanol–water partition coefficient (Wildman–Crippen LogP) is 5.84. The van der Waals surface area contributed by atoms with Crippen LogP contribution in [0.4, 0.5) is 0 Å². The molecule has 10 unspecified atom stereocenters. The van der Waals surface area contributed by atoms with Gasteiger partial charge >= 0.3 is 17.9 Å². The summed E-state index contributed by atoms with van der Waals surface area (Å²) in [5.41, 5.74) is 0.562. The van der Waals surface area contributed by atoms with Gasteiger partial charge in [-0.15, -0.1) is 0 Å². The highest BCUT2D eigenvalue weighted by Crippen LogP contribution is 2.68. The third-order valence-corrected chi connectivity index (χ3v) is 12.4. The number of fused-ring (bicyclic) bond motifs is 5. The molecule has 0 spiro atoms. The molecule has 0 aromatic heterocycles. The molecule has 0 amide bonds. The van der Waals surface area contributed by atoms with Crippen LogP contribution in [-0.4, -0.2) is 55.7 Å². The van der Waals surface area contributed by atoms with Crippen LogP contribution in [0.2, 0.25) is 0 Å². The van der Waals surface area contributed by atoms with E-state index in [2.05, 4.69) is 20.8 Å². The minimum atomic E-state index is -0.980. The third kappa shape index (κ3) is 5.69. The average Bonchev–Trinajstić information content (AvgIpc) is 3.26. The molecular formula is C33H52O8.